The van der Waals surface area contributed by atoms with E-state index in [2.05, 4.69) is 43.3 Å². The summed E-state index contributed by atoms with van der Waals surface area (Å²) >= 11 is 0. The average molecular weight is 250 g/mol. The Morgan fingerprint density at radius 1 is 0.737 bits per heavy atom. The van der Waals surface area contributed by atoms with Gasteiger partial charge in [0.25, 0.3) is 0 Å². The summed E-state index contributed by atoms with van der Waals surface area (Å²) in [5, 5.41) is 2.49. The largest absolute Gasteiger partial charge is 0.207 e. The summed E-state index contributed by atoms with van der Waals surface area (Å²) in [5.41, 5.74) is 2.39. The Balaban J connectivity index is 2.01. The zero-order valence-corrected chi connectivity index (χ0v) is 10.8. The second-order valence-corrected chi connectivity index (χ2v) is 4.88. The minimum atomic E-state index is -0.186. The van der Waals surface area contributed by atoms with Gasteiger partial charge in [-0.2, -0.15) is 0 Å². The van der Waals surface area contributed by atoms with E-state index in [1.165, 1.54) is 28.5 Å². The summed E-state index contributed by atoms with van der Waals surface area (Å²) in [6.45, 7) is 2.15. The molecular formula is C18H15F. The van der Waals surface area contributed by atoms with Crippen LogP contribution < -0.4 is 0 Å². The van der Waals surface area contributed by atoms with E-state index >= 15 is 0 Å². The van der Waals surface area contributed by atoms with Crippen LogP contribution in [0.5, 0.6) is 0 Å². The van der Waals surface area contributed by atoms with Gasteiger partial charge in [0.15, 0.2) is 0 Å². The van der Waals surface area contributed by atoms with Crippen molar-refractivity contribution in [1.82, 2.24) is 0 Å². The fourth-order valence-corrected chi connectivity index (χ4v) is 2.42. The van der Waals surface area contributed by atoms with E-state index in [-0.39, 0.29) is 11.7 Å². The highest BCUT2D eigenvalue weighted by molar-refractivity contribution is 5.83. The van der Waals surface area contributed by atoms with Gasteiger partial charge in [0.2, 0.25) is 0 Å². The molecule has 0 bridgehead atoms. The molecule has 19 heavy (non-hydrogen) atoms. The molecule has 0 amide bonds. The van der Waals surface area contributed by atoms with Crippen molar-refractivity contribution in [1.29, 1.82) is 0 Å². The molecule has 0 aliphatic heterocycles. The fourth-order valence-electron chi connectivity index (χ4n) is 2.42. The Morgan fingerprint density at radius 3 is 2.11 bits per heavy atom. The Hall–Kier alpha value is -2.15. The minimum absolute atomic E-state index is 0.186. The summed E-state index contributed by atoms with van der Waals surface area (Å²) in [6, 6.07) is 21.6. The second kappa shape index (κ2) is 4.85. The predicted octanol–water partition coefficient (Wildman–Crippen LogP) is 5.13. The number of hydrogen-bond donors (Lipinski definition) is 0. The van der Waals surface area contributed by atoms with Gasteiger partial charge >= 0.3 is 0 Å². The molecule has 3 rings (SSSR count). The first-order chi connectivity index (χ1) is 9.24. The molecule has 1 heteroatoms. The van der Waals surface area contributed by atoms with Crippen molar-refractivity contribution < 1.29 is 4.39 Å². The van der Waals surface area contributed by atoms with Gasteiger partial charge in [-0.05, 0) is 34.0 Å². The van der Waals surface area contributed by atoms with Crippen molar-refractivity contribution >= 4 is 10.8 Å². The van der Waals surface area contributed by atoms with Gasteiger partial charge in [-0.3, -0.25) is 0 Å². The smallest absolute Gasteiger partial charge is 0.123 e. The molecule has 0 saturated heterocycles. The van der Waals surface area contributed by atoms with Gasteiger partial charge in [-0.25, -0.2) is 4.39 Å². The summed E-state index contributed by atoms with van der Waals surface area (Å²) in [7, 11) is 0. The third-order valence-corrected chi connectivity index (χ3v) is 3.64. The Kier molecular flexibility index (Phi) is 3.04. The molecule has 0 nitrogen and oxygen atoms in total. The van der Waals surface area contributed by atoms with Crippen molar-refractivity contribution in [3.8, 4) is 0 Å². The average Bonchev–Trinajstić information content (AvgIpc) is 2.47. The highest BCUT2D eigenvalue weighted by Crippen LogP contribution is 2.27. The lowest BCUT2D eigenvalue weighted by atomic mass is 9.91. The van der Waals surface area contributed by atoms with E-state index in [4.69, 9.17) is 0 Å². The SMILES string of the molecule is C[C@H](c1ccc(F)cc1)c1ccc2ccccc2c1. The van der Waals surface area contributed by atoms with E-state index in [0.717, 1.165) is 5.56 Å². The summed E-state index contributed by atoms with van der Waals surface area (Å²) in [6.07, 6.45) is 0. The van der Waals surface area contributed by atoms with E-state index in [9.17, 15) is 4.39 Å². The lowest BCUT2D eigenvalue weighted by Crippen LogP contribution is -1.96. The maximum absolute atomic E-state index is 13.0. The first-order valence-corrected chi connectivity index (χ1v) is 6.48. The van der Waals surface area contributed by atoms with Crippen LogP contribution in [0.15, 0.2) is 66.7 Å². The predicted molar refractivity (Wildman–Crippen MR) is 77.9 cm³/mol. The van der Waals surface area contributed by atoms with Crippen LogP contribution in [-0.2, 0) is 0 Å². The van der Waals surface area contributed by atoms with E-state index in [1.807, 2.05) is 18.2 Å². The van der Waals surface area contributed by atoms with Crippen molar-refractivity contribution in [2.75, 3.05) is 0 Å². The van der Waals surface area contributed by atoms with Crippen LogP contribution in [0.3, 0.4) is 0 Å². The molecule has 94 valence electrons. The molecule has 0 aliphatic rings. The summed E-state index contributed by atoms with van der Waals surface area (Å²) < 4.78 is 13.0. The standard InChI is InChI=1S/C18H15F/c1-13(14-8-10-18(19)11-9-14)16-7-6-15-4-2-3-5-17(15)12-16/h2-13H,1H3/t13-/m1/s1. The van der Waals surface area contributed by atoms with Crippen LogP contribution in [0.2, 0.25) is 0 Å². The molecular weight excluding hydrogens is 235 g/mol. The third kappa shape index (κ3) is 2.37. The molecule has 0 fully saturated rings. The zero-order valence-electron chi connectivity index (χ0n) is 10.8. The molecule has 1 atom stereocenters. The summed E-state index contributed by atoms with van der Waals surface area (Å²) in [4.78, 5) is 0. The number of hydrogen-bond acceptors (Lipinski definition) is 0. The van der Waals surface area contributed by atoms with Crippen LogP contribution in [0.1, 0.15) is 24.0 Å². The first-order valence-electron chi connectivity index (χ1n) is 6.48. The number of rotatable bonds is 2. The molecule has 0 spiro atoms. The quantitative estimate of drug-likeness (QED) is 0.591. The molecule has 0 N–H and O–H groups in total. The normalized spacial score (nSPS) is 12.5. The summed E-state index contributed by atoms with van der Waals surface area (Å²) in [5.74, 6) is 0.0830. The van der Waals surface area contributed by atoms with Crippen LogP contribution in [0.4, 0.5) is 4.39 Å². The molecule has 0 heterocycles. The molecule has 0 aliphatic carbocycles. The second-order valence-electron chi connectivity index (χ2n) is 4.88. The zero-order chi connectivity index (χ0) is 13.2. The van der Waals surface area contributed by atoms with Crippen LogP contribution in [-0.4, -0.2) is 0 Å². The molecule has 3 aromatic carbocycles. The van der Waals surface area contributed by atoms with Gasteiger partial charge in [-0.15, -0.1) is 0 Å². The van der Waals surface area contributed by atoms with Gasteiger partial charge in [0.05, 0.1) is 0 Å². The monoisotopic (exact) mass is 250 g/mol. The van der Waals surface area contributed by atoms with E-state index < -0.39 is 0 Å². The molecule has 0 radical (unpaired) electrons. The Bertz CT molecular complexity index is 698. The van der Waals surface area contributed by atoms with E-state index in [1.54, 1.807) is 0 Å². The third-order valence-electron chi connectivity index (χ3n) is 3.64. The van der Waals surface area contributed by atoms with Crippen LogP contribution in [0, 0.1) is 5.82 Å². The van der Waals surface area contributed by atoms with E-state index in [0.29, 0.717) is 0 Å². The molecule has 0 saturated carbocycles. The molecule has 0 aromatic heterocycles. The lowest BCUT2D eigenvalue weighted by molar-refractivity contribution is 0.626. The fraction of sp³-hybridized carbons (Fsp3) is 0.111. The van der Waals surface area contributed by atoms with Gasteiger partial charge < -0.3 is 0 Å². The van der Waals surface area contributed by atoms with Gasteiger partial charge in [-0.1, -0.05) is 61.5 Å². The highest BCUT2D eigenvalue weighted by atomic mass is 19.1. The molecule has 3 aromatic rings. The van der Waals surface area contributed by atoms with Crippen molar-refractivity contribution in [2.45, 2.75) is 12.8 Å². The highest BCUT2D eigenvalue weighted by Gasteiger charge is 2.08. The van der Waals surface area contributed by atoms with Crippen molar-refractivity contribution in [2.24, 2.45) is 0 Å². The number of fused-ring (bicyclic) bond motifs is 1. The number of benzene rings is 3. The van der Waals surface area contributed by atoms with Gasteiger partial charge in [0.1, 0.15) is 5.82 Å². The topological polar surface area (TPSA) is 0 Å². The molecule has 0 unspecified atom stereocenters. The minimum Gasteiger partial charge on any atom is -0.207 e. The maximum Gasteiger partial charge on any atom is 0.123 e. The Morgan fingerprint density at radius 2 is 1.37 bits per heavy atom. The van der Waals surface area contributed by atoms with Gasteiger partial charge in [0, 0.05) is 5.92 Å². The van der Waals surface area contributed by atoms with Crippen molar-refractivity contribution in [3.63, 3.8) is 0 Å². The van der Waals surface area contributed by atoms with Crippen LogP contribution in [0.25, 0.3) is 10.8 Å². The number of halogens is 1. The van der Waals surface area contributed by atoms with Crippen LogP contribution >= 0.6 is 0 Å². The lowest BCUT2D eigenvalue weighted by Gasteiger charge is -2.13. The Labute approximate surface area is 112 Å². The maximum atomic E-state index is 13.0. The first kappa shape index (κ1) is 11.9. The van der Waals surface area contributed by atoms with Crippen molar-refractivity contribution in [3.05, 3.63) is 83.7 Å².